The number of carbonyl (C=O) groups is 1. The molecule has 7 nitrogen and oxygen atoms in total. The van der Waals surface area contributed by atoms with Crippen LogP contribution in [0.4, 0.5) is 0 Å². The van der Waals surface area contributed by atoms with E-state index in [0.717, 1.165) is 38.0 Å². The Kier molecular flexibility index (Phi) is 4.28. The van der Waals surface area contributed by atoms with Crippen molar-refractivity contribution in [1.29, 1.82) is 0 Å². The molecule has 0 unspecified atom stereocenters. The molecule has 1 N–H and O–H groups in total. The summed E-state index contributed by atoms with van der Waals surface area (Å²) < 4.78 is 5.76. The molecule has 7 heteroatoms. The fourth-order valence-corrected chi connectivity index (χ4v) is 4.98. The van der Waals surface area contributed by atoms with Gasteiger partial charge in [0.25, 0.3) is 5.91 Å². The number of likely N-dealkylation sites (N-methyl/N-ethyl adjacent to an activating group) is 1. The van der Waals surface area contributed by atoms with Crippen molar-refractivity contribution in [2.75, 3.05) is 26.2 Å². The molecule has 1 aromatic carbocycles. The molecule has 0 saturated carbocycles. The van der Waals surface area contributed by atoms with Crippen LogP contribution in [0.15, 0.2) is 45.9 Å². The molecule has 0 radical (unpaired) electrons. The summed E-state index contributed by atoms with van der Waals surface area (Å²) >= 11 is 0. The van der Waals surface area contributed by atoms with Gasteiger partial charge in [0.15, 0.2) is 11.2 Å². The Labute approximate surface area is 168 Å². The van der Waals surface area contributed by atoms with Gasteiger partial charge in [-0.3, -0.25) is 14.5 Å². The van der Waals surface area contributed by atoms with Gasteiger partial charge in [-0.05, 0) is 31.5 Å². The molecule has 0 atom stereocenters. The summed E-state index contributed by atoms with van der Waals surface area (Å²) in [6.07, 6.45) is 4.41. The monoisotopic (exact) mass is 392 g/mol. The van der Waals surface area contributed by atoms with Crippen LogP contribution < -0.4 is 5.43 Å². The van der Waals surface area contributed by atoms with Gasteiger partial charge in [-0.1, -0.05) is 19.1 Å². The minimum atomic E-state index is -0.219. The normalized spacial score (nSPS) is 18.9. The van der Waals surface area contributed by atoms with Gasteiger partial charge in [0.2, 0.25) is 0 Å². The Morgan fingerprint density at radius 2 is 2.03 bits per heavy atom. The standard InChI is InChI=1S/C22H24N4O3/c1-2-26-10-7-16-20(24-14-23-16)22(26)8-11-25(12-9-22)21(28)19-13-17(27)15-5-3-4-6-18(15)29-19/h3-6,13-14H,2,7-12H2,1H3,(H,23,24). The average Bonchev–Trinajstić information content (AvgIpc) is 3.24. The minimum absolute atomic E-state index is 0.112. The van der Waals surface area contributed by atoms with Crippen molar-refractivity contribution < 1.29 is 9.21 Å². The zero-order valence-corrected chi connectivity index (χ0v) is 16.5. The number of rotatable bonds is 2. The first-order valence-electron chi connectivity index (χ1n) is 10.2. The van der Waals surface area contributed by atoms with Gasteiger partial charge in [-0.2, -0.15) is 0 Å². The number of aromatic amines is 1. The van der Waals surface area contributed by atoms with Gasteiger partial charge in [-0.25, -0.2) is 4.98 Å². The van der Waals surface area contributed by atoms with Crippen LogP contribution in [0, 0.1) is 0 Å². The van der Waals surface area contributed by atoms with Gasteiger partial charge in [0.1, 0.15) is 5.58 Å². The maximum absolute atomic E-state index is 13.1. The van der Waals surface area contributed by atoms with Crippen LogP contribution in [0.1, 0.15) is 41.7 Å². The van der Waals surface area contributed by atoms with Crippen LogP contribution in [0.2, 0.25) is 0 Å². The molecule has 3 aromatic rings. The van der Waals surface area contributed by atoms with Crippen LogP contribution >= 0.6 is 0 Å². The van der Waals surface area contributed by atoms with Crippen LogP contribution in [0.25, 0.3) is 11.0 Å². The number of piperidine rings is 1. The first-order valence-corrected chi connectivity index (χ1v) is 10.2. The molecule has 0 aliphatic carbocycles. The highest BCUT2D eigenvalue weighted by Gasteiger charge is 2.46. The number of para-hydroxylation sites is 1. The first kappa shape index (κ1) is 18.1. The fourth-order valence-electron chi connectivity index (χ4n) is 4.98. The Balaban J connectivity index is 1.41. The summed E-state index contributed by atoms with van der Waals surface area (Å²) in [5.41, 5.74) is 2.49. The Hall–Kier alpha value is -2.93. The summed E-state index contributed by atoms with van der Waals surface area (Å²) in [6.45, 7) is 5.36. The third-order valence-electron chi connectivity index (χ3n) is 6.50. The number of amides is 1. The molecule has 1 spiro atoms. The summed E-state index contributed by atoms with van der Waals surface area (Å²) in [6, 6.07) is 8.34. The molecular formula is C22H24N4O3. The largest absolute Gasteiger partial charge is 0.451 e. The van der Waals surface area contributed by atoms with Crippen molar-refractivity contribution in [2.45, 2.75) is 31.7 Å². The van der Waals surface area contributed by atoms with Crippen molar-refractivity contribution >= 4 is 16.9 Å². The van der Waals surface area contributed by atoms with E-state index in [-0.39, 0.29) is 22.6 Å². The predicted molar refractivity (Wildman–Crippen MR) is 109 cm³/mol. The van der Waals surface area contributed by atoms with Gasteiger partial charge in [0.05, 0.1) is 22.9 Å². The number of benzene rings is 1. The number of nitrogens with zero attached hydrogens (tertiary/aromatic N) is 3. The average molecular weight is 392 g/mol. The number of hydrogen-bond donors (Lipinski definition) is 1. The second-order valence-corrected chi connectivity index (χ2v) is 7.85. The minimum Gasteiger partial charge on any atom is -0.451 e. The molecule has 1 fully saturated rings. The maximum atomic E-state index is 13.1. The van der Waals surface area contributed by atoms with Crippen molar-refractivity contribution in [3.63, 3.8) is 0 Å². The molecule has 0 bridgehead atoms. The Bertz CT molecular complexity index is 1120. The van der Waals surface area contributed by atoms with Crippen molar-refractivity contribution in [3.8, 4) is 0 Å². The van der Waals surface area contributed by atoms with E-state index in [1.807, 2.05) is 0 Å². The van der Waals surface area contributed by atoms with E-state index in [9.17, 15) is 9.59 Å². The molecular weight excluding hydrogens is 368 g/mol. The predicted octanol–water partition coefficient (Wildman–Crippen LogP) is 2.53. The highest BCUT2D eigenvalue weighted by atomic mass is 16.3. The van der Waals surface area contributed by atoms with Gasteiger partial charge in [-0.15, -0.1) is 0 Å². The lowest BCUT2D eigenvalue weighted by Gasteiger charge is -2.50. The van der Waals surface area contributed by atoms with Gasteiger partial charge >= 0.3 is 0 Å². The maximum Gasteiger partial charge on any atom is 0.289 e. The fraction of sp³-hybridized carbons (Fsp3) is 0.409. The number of carbonyl (C=O) groups excluding carboxylic acids is 1. The third-order valence-corrected chi connectivity index (χ3v) is 6.50. The summed E-state index contributed by atoms with van der Waals surface area (Å²) in [5, 5.41) is 0.494. The molecule has 150 valence electrons. The second kappa shape index (κ2) is 6.84. The van der Waals surface area contributed by atoms with E-state index in [4.69, 9.17) is 4.42 Å². The number of aromatic nitrogens is 2. The molecule has 1 amide bonds. The van der Waals surface area contributed by atoms with Crippen LogP contribution in [0.3, 0.4) is 0 Å². The third kappa shape index (κ3) is 2.80. The molecule has 2 aliphatic rings. The Morgan fingerprint density at radius 3 is 2.83 bits per heavy atom. The summed E-state index contributed by atoms with van der Waals surface area (Å²) in [7, 11) is 0. The van der Waals surface area contributed by atoms with Crippen molar-refractivity contribution in [3.05, 3.63) is 64.0 Å². The van der Waals surface area contributed by atoms with E-state index < -0.39 is 0 Å². The number of H-pyrrole nitrogens is 1. The van der Waals surface area contributed by atoms with E-state index in [1.165, 1.54) is 11.8 Å². The highest BCUT2D eigenvalue weighted by Crippen LogP contribution is 2.42. The lowest BCUT2D eigenvalue weighted by Crippen LogP contribution is -2.57. The molecule has 2 aliphatic heterocycles. The van der Waals surface area contributed by atoms with Crippen LogP contribution in [0.5, 0.6) is 0 Å². The second-order valence-electron chi connectivity index (χ2n) is 7.85. The van der Waals surface area contributed by atoms with E-state index in [2.05, 4.69) is 21.8 Å². The van der Waals surface area contributed by atoms with Crippen molar-refractivity contribution in [1.82, 2.24) is 19.8 Å². The lowest BCUT2D eigenvalue weighted by atomic mass is 9.78. The summed E-state index contributed by atoms with van der Waals surface area (Å²) in [4.78, 5) is 37.7. The van der Waals surface area contributed by atoms with E-state index in [1.54, 1.807) is 35.5 Å². The van der Waals surface area contributed by atoms with Gasteiger partial charge in [0, 0.05) is 37.8 Å². The number of imidazole rings is 1. The zero-order valence-electron chi connectivity index (χ0n) is 16.5. The number of hydrogen-bond acceptors (Lipinski definition) is 5. The van der Waals surface area contributed by atoms with Gasteiger partial charge < -0.3 is 14.3 Å². The van der Waals surface area contributed by atoms with Crippen LogP contribution in [-0.2, 0) is 12.0 Å². The highest BCUT2D eigenvalue weighted by molar-refractivity contribution is 5.93. The Morgan fingerprint density at radius 1 is 1.24 bits per heavy atom. The molecule has 5 rings (SSSR count). The molecule has 4 heterocycles. The first-order chi connectivity index (χ1) is 14.1. The zero-order chi connectivity index (χ0) is 20.0. The number of nitrogens with one attached hydrogen (secondary N) is 1. The number of likely N-dealkylation sites (tertiary alicyclic amines) is 1. The number of fused-ring (bicyclic) bond motifs is 3. The van der Waals surface area contributed by atoms with Crippen LogP contribution in [-0.4, -0.2) is 51.9 Å². The van der Waals surface area contributed by atoms with Crippen molar-refractivity contribution in [2.24, 2.45) is 0 Å². The molecule has 29 heavy (non-hydrogen) atoms. The molecule has 2 aromatic heterocycles. The summed E-state index contributed by atoms with van der Waals surface area (Å²) in [5.74, 6) is -0.107. The lowest BCUT2D eigenvalue weighted by molar-refractivity contribution is 0.00923. The van der Waals surface area contributed by atoms with E-state index in [0.29, 0.717) is 24.1 Å². The quantitative estimate of drug-likeness (QED) is 0.725. The van der Waals surface area contributed by atoms with E-state index >= 15 is 0 Å². The SMILES string of the molecule is CCN1CCc2[nH]cnc2C12CCN(C(=O)c1cc(=O)c3ccccc3o1)CC2. The smallest absolute Gasteiger partial charge is 0.289 e. The topological polar surface area (TPSA) is 82.4 Å². The molecule has 1 saturated heterocycles.